The summed E-state index contributed by atoms with van der Waals surface area (Å²) in [6, 6.07) is 0. The van der Waals surface area contributed by atoms with Crippen LogP contribution in [0.1, 0.15) is 78.6 Å². The van der Waals surface area contributed by atoms with Crippen LogP contribution in [-0.2, 0) is 0 Å². The second-order valence-electron chi connectivity index (χ2n) is 6.38. The van der Waals surface area contributed by atoms with Crippen LogP contribution < -0.4 is 5.73 Å². The Bertz CT molecular complexity index is 309. The van der Waals surface area contributed by atoms with Crippen LogP contribution in [0.2, 0.25) is 0 Å². The van der Waals surface area contributed by atoms with Crippen LogP contribution in [0.15, 0.2) is 17.1 Å². The SMILES string of the molecule is C=C(C)C(CCCC)(CC1CCCCC1)N=C(C)N. The fourth-order valence-corrected chi connectivity index (χ4v) is 3.36. The molecule has 0 aromatic carbocycles. The lowest BCUT2D eigenvalue weighted by Gasteiger charge is -2.36. The first-order valence-electron chi connectivity index (χ1n) is 7.98. The summed E-state index contributed by atoms with van der Waals surface area (Å²) in [4.78, 5) is 4.83. The van der Waals surface area contributed by atoms with Gasteiger partial charge in [-0.2, -0.15) is 0 Å². The summed E-state index contributed by atoms with van der Waals surface area (Å²) in [5.41, 5.74) is 6.99. The molecule has 0 radical (unpaired) electrons. The molecular formula is C17H32N2. The quantitative estimate of drug-likeness (QED) is 0.399. The first kappa shape index (κ1) is 16.3. The molecule has 0 bridgehead atoms. The second-order valence-corrected chi connectivity index (χ2v) is 6.38. The van der Waals surface area contributed by atoms with E-state index in [9.17, 15) is 0 Å². The summed E-state index contributed by atoms with van der Waals surface area (Å²) in [6.45, 7) is 10.5. The van der Waals surface area contributed by atoms with Crippen LogP contribution in [0.3, 0.4) is 0 Å². The van der Waals surface area contributed by atoms with Crippen molar-refractivity contribution in [2.24, 2.45) is 16.6 Å². The van der Waals surface area contributed by atoms with E-state index >= 15 is 0 Å². The molecule has 0 spiro atoms. The predicted octanol–water partition coefficient (Wildman–Crippen LogP) is 4.84. The fraction of sp³-hybridized carbons (Fsp3) is 0.824. The zero-order valence-corrected chi connectivity index (χ0v) is 13.2. The van der Waals surface area contributed by atoms with Gasteiger partial charge in [-0.1, -0.05) is 64.0 Å². The van der Waals surface area contributed by atoms with E-state index in [4.69, 9.17) is 10.7 Å². The number of hydrogen-bond donors (Lipinski definition) is 1. The van der Waals surface area contributed by atoms with Crippen LogP contribution in [0.5, 0.6) is 0 Å². The van der Waals surface area contributed by atoms with Crippen molar-refractivity contribution in [2.75, 3.05) is 0 Å². The third kappa shape index (κ3) is 5.00. The number of nitrogens with two attached hydrogens (primary N) is 1. The molecule has 0 amide bonds. The third-order valence-electron chi connectivity index (χ3n) is 4.48. The molecule has 110 valence electrons. The van der Waals surface area contributed by atoms with E-state index in [1.807, 2.05) is 6.92 Å². The first-order chi connectivity index (χ1) is 9.00. The molecule has 0 heterocycles. The van der Waals surface area contributed by atoms with Crippen molar-refractivity contribution in [3.8, 4) is 0 Å². The molecule has 1 aliphatic rings. The van der Waals surface area contributed by atoms with E-state index in [2.05, 4.69) is 20.4 Å². The lowest BCUT2D eigenvalue weighted by atomic mass is 9.74. The Balaban J connectivity index is 2.86. The molecule has 1 rings (SSSR count). The Hall–Kier alpha value is -0.790. The first-order valence-corrected chi connectivity index (χ1v) is 7.98. The third-order valence-corrected chi connectivity index (χ3v) is 4.48. The fourth-order valence-electron chi connectivity index (χ4n) is 3.36. The summed E-state index contributed by atoms with van der Waals surface area (Å²) in [5, 5.41) is 0. The summed E-state index contributed by atoms with van der Waals surface area (Å²) in [6.07, 6.45) is 11.6. The maximum Gasteiger partial charge on any atom is 0.0916 e. The van der Waals surface area contributed by atoms with Crippen LogP contribution >= 0.6 is 0 Å². The molecule has 1 saturated carbocycles. The zero-order chi connectivity index (χ0) is 14.3. The average Bonchev–Trinajstić information content (AvgIpc) is 2.36. The molecule has 1 unspecified atom stereocenters. The highest BCUT2D eigenvalue weighted by Gasteiger charge is 2.33. The molecule has 2 N–H and O–H groups in total. The van der Waals surface area contributed by atoms with E-state index in [0.29, 0.717) is 5.84 Å². The summed E-state index contributed by atoms with van der Waals surface area (Å²) < 4.78 is 0. The number of nitrogens with zero attached hydrogens (tertiary/aromatic N) is 1. The normalized spacial score (nSPS) is 21.1. The average molecular weight is 264 g/mol. The molecule has 0 aliphatic heterocycles. The minimum absolute atomic E-state index is 0.100. The Morgan fingerprint density at radius 1 is 1.26 bits per heavy atom. The van der Waals surface area contributed by atoms with E-state index in [-0.39, 0.29) is 5.54 Å². The number of amidine groups is 1. The Morgan fingerprint density at radius 3 is 2.37 bits per heavy atom. The van der Waals surface area contributed by atoms with Crippen molar-refractivity contribution in [3.05, 3.63) is 12.2 Å². The van der Waals surface area contributed by atoms with Crippen LogP contribution in [0.25, 0.3) is 0 Å². The van der Waals surface area contributed by atoms with Gasteiger partial charge in [-0.25, -0.2) is 0 Å². The molecule has 0 aromatic rings. The zero-order valence-electron chi connectivity index (χ0n) is 13.2. The summed E-state index contributed by atoms with van der Waals surface area (Å²) in [7, 11) is 0. The van der Waals surface area contributed by atoms with Crippen molar-refractivity contribution in [1.29, 1.82) is 0 Å². The van der Waals surface area contributed by atoms with Gasteiger partial charge >= 0.3 is 0 Å². The maximum atomic E-state index is 5.90. The van der Waals surface area contributed by atoms with Crippen molar-refractivity contribution >= 4 is 5.84 Å². The van der Waals surface area contributed by atoms with Gasteiger partial charge in [0.05, 0.1) is 11.4 Å². The molecule has 19 heavy (non-hydrogen) atoms. The predicted molar refractivity (Wildman–Crippen MR) is 85.6 cm³/mol. The highest BCUT2D eigenvalue weighted by molar-refractivity contribution is 5.78. The highest BCUT2D eigenvalue weighted by atomic mass is 14.9. The van der Waals surface area contributed by atoms with Crippen LogP contribution in [0.4, 0.5) is 0 Å². The van der Waals surface area contributed by atoms with Gasteiger partial charge in [0, 0.05) is 0 Å². The van der Waals surface area contributed by atoms with Gasteiger partial charge in [0.25, 0.3) is 0 Å². The molecule has 2 heteroatoms. The monoisotopic (exact) mass is 264 g/mol. The number of aliphatic imine (C=N–C) groups is 1. The van der Waals surface area contributed by atoms with Gasteiger partial charge in [-0.15, -0.1) is 0 Å². The van der Waals surface area contributed by atoms with Crippen LogP contribution in [0, 0.1) is 5.92 Å². The van der Waals surface area contributed by atoms with Gasteiger partial charge in [0.2, 0.25) is 0 Å². The smallest absolute Gasteiger partial charge is 0.0916 e. The molecule has 1 fully saturated rings. The minimum atomic E-state index is -0.100. The Labute approximate surface area is 119 Å². The molecule has 0 saturated heterocycles. The molecule has 1 aliphatic carbocycles. The number of hydrogen-bond acceptors (Lipinski definition) is 1. The number of rotatable bonds is 7. The van der Waals surface area contributed by atoms with Gasteiger partial charge in [0.15, 0.2) is 0 Å². The largest absolute Gasteiger partial charge is 0.388 e. The van der Waals surface area contributed by atoms with E-state index < -0.39 is 0 Å². The topological polar surface area (TPSA) is 38.4 Å². The van der Waals surface area contributed by atoms with Gasteiger partial charge < -0.3 is 5.73 Å². The summed E-state index contributed by atoms with van der Waals surface area (Å²) >= 11 is 0. The molecular weight excluding hydrogens is 232 g/mol. The van der Waals surface area contributed by atoms with Gasteiger partial charge in [-0.05, 0) is 32.6 Å². The van der Waals surface area contributed by atoms with Gasteiger partial charge in [-0.3, -0.25) is 4.99 Å². The Morgan fingerprint density at radius 2 is 1.89 bits per heavy atom. The summed E-state index contributed by atoms with van der Waals surface area (Å²) in [5.74, 6) is 1.51. The number of unbranched alkanes of at least 4 members (excludes halogenated alkanes) is 1. The van der Waals surface area contributed by atoms with Crippen molar-refractivity contribution in [3.63, 3.8) is 0 Å². The lowest BCUT2D eigenvalue weighted by molar-refractivity contribution is 0.269. The van der Waals surface area contributed by atoms with Crippen molar-refractivity contribution in [1.82, 2.24) is 0 Å². The van der Waals surface area contributed by atoms with Crippen molar-refractivity contribution in [2.45, 2.75) is 84.1 Å². The van der Waals surface area contributed by atoms with E-state index in [1.54, 1.807) is 0 Å². The lowest BCUT2D eigenvalue weighted by Crippen LogP contribution is -2.34. The molecule has 1 atom stereocenters. The van der Waals surface area contributed by atoms with E-state index in [0.717, 1.165) is 18.8 Å². The standard InChI is InChI=1S/C17H32N2/c1-5-6-12-17(14(2)3,19-15(4)18)13-16-10-8-7-9-11-16/h16H,2,5-13H2,1,3-4H3,(H2,18,19). The minimum Gasteiger partial charge on any atom is -0.388 e. The van der Waals surface area contributed by atoms with E-state index in [1.165, 1.54) is 50.5 Å². The van der Waals surface area contributed by atoms with Crippen LogP contribution in [-0.4, -0.2) is 11.4 Å². The molecule has 2 nitrogen and oxygen atoms in total. The van der Waals surface area contributed by atoms with Gasteiger partial charge in [0.1, 0.15) is 0 Å². The highest BCUT2D eigenvalue weighted by Crippen LogP contribution is 2.38. The van der Waals surface area contributed by atoms with Crippen molar-refractivity contribution < 1.29 is 0 Å². The second kappa shape index (κ2) is 7.72. The maximum absolute atomic E-state index is 5.90. The Kier molecular flexibility index (Phi) is 6.60. The molecule has 0 aromatic heterocycles.